The Morgan fingerprint density at radius 2 is 1.87 bits per heavy atom. The zero-order valence-electron chi connectivity index (χ0n) is 8.77. The third-order valence-corrected chi connectivity index (χ3v) is 2.40. The van der Waals surface area contributed by atoms with Gasteiger partial charge in [0.05, 0.1) is 5.56 Å². The van der Waals surface area contributed by atoms with Gasteiger partial charge in [-0.2, -0.15) is 0 Å². The van der Waals surface area contributed by atoms with Gasteiger partial charge in [-0.25, -0.2) is 4.79 Å². The summed E-state index contributed by atoms with van der Waals surface area (Å²) >= 11 is 0. The van der Waals surface area contributed by atoms with Crippen LogP contribution in [-0.4, -0.2) is 25.6 Å². The van der Waals surface area contributed by atoms with Crippen molar-refractivity contribution in [3.63, 3.8) is 0 Å². The summed E-state index contributed by atoms with van der Waals surface area (Å²) in [6.07, 6.45) is -0.0315. The van der Waals surface area contributed by atoms with Gasteiger partial charge in [0.25, 0.3) is 0 Å². The third-order valence-electron chi connectivity index (χ3n) is 1.65. The molecule has 0 amide bonds. The highest BCUT2D eigenvalue weighted by molar-refractivity contribution is 7.62. The summed E-state index contributed by atoms with van der Waals surface area (Å²) in [6.45, 7) is 3.15. The van der Waals surface area contributed by atoms with Crippen molar-refractivity contribution in [1.82, 2.24) is 0 Å². The topological polar surface area (TPSA) is 69.4 Å². The van der Waals surface area contributed by atoms with E-state index in [9.17, 15) is 9.36 Å². The Labute approximate surface area is 88.8 Å². The molecule has 0 aliphatic carbocycles. The lowest BCUT2D eigenvalue weighted by atomic mass is 10.2. The number of hydrogen-bond donors (Lipinski definition) is 1. The molecule has 0 atom stereocenters. The van der Waals surface area contributed by atoms with Crippen LogP contribution in [0.5, 0.6) is 0 Å². The Bertz CT molecular complexity index is 394. The van der Waals surface area contributed by atoms with Gasteiger partial charge in [-0.05, 0) is 37.6 Å². The average molecular weight is 227 g/mol. The van der Waals surface area contributed by atoms with E-state index in [2.05, 4.69) is 0 Å². The lowest BCUT2D eigenvalue weighted by Crippen LogP contribution is -2.06. The second kappa shape index (κ2) is 4.49. The van der Waals surface area contributed by atoms with Crippen molar-refractivity contribution in [1.29, 1.82) is 0 Å². The van der Waals surface area contributed by atoms with E-state index in [0.29, 0.717) is 11.3 Å². The Kier molecular flexibility index (Phi) is 3.53. The van der Waals surface area contributed by atoms with Crippen LogP contribution >= 0.6 is 7.14 Å². The van der Waals surface area contributed by atoms with E-state index in [0.717, 1.165) is 0 Å². The smallest absolute Gasteiger partial charge is 0.338 e. The number of anilines is 1. The summed E-state index contributed by atoms with van der Waals surface area (Å²) < 4.78 is 16.2. The highest BCUT2D eigenvalue weighted by Gasteiger charge is 2.12. The summed E-state index contributed by atoms with van der Waals surface area (Å²) in [5.74, 6) is -0.473. The van der Waals surface area contributed by atoms with Crippen LogP contribution < -0.4 is 5.73 Å². The van der Waals surface area contributed by atoms with E-state index in [1.165, 1.54) is 0 Å². The minimum absolute atomic E-state index is 0.0315. The molecule has 0 radical (unpaired) electrons. The summed E-state index contributed by atoms with van der Waals surface area (Å²) in [5, 5.41) is 0. The molecule has 15 heavy (non-hydrogen) atoms. The molecule has 2 N–H and O–H groups in total. The van der Waals surface area contributed by atoms with Crippen LogP contribution in [0.25, 0.3) is 0 Å². The molecule has 0 spiro atoms. The summed E-state index contributed by atoms with van der Waals surface area (Å²) in [4.78, 5) is 11.4. The van der Waals surface area contributed by atoms with Gasteiger partial charge in [0.2, 0.25) is 0 Å². The van der Waals surface area contributed by atoms with E-state index in [1.807, 2.05) is 0 Å². The SMILES string of the molecule is CP(C)(=O)COC(=O)c1ccc(N)cc1. The van der Waals surface area contributed by atoms with Gasteiger partial charge in [0.15, 0.2) is 0 Å². The van der Waals surface area contributed by atoms with Crippen molar-refractivity contribution in [2.24, 2.45) is 0 Å². The van der Waals surface area contributed by atoms with Crippen LogP contribution in [0.1, 0.15) is 10.4 Å². The second-order valence-corrected chi connectivity index (χ2v) is 7.16. The monoisotopic (exact) mass is 227 g/mol. The van der Waals surface area contributed by atoms with Crippen LogP contribution in [0.2, 0.25) is 0 Å². The molecule has 0 aromatic heterocycles. The number of carbonyl (C=O) groups is 1. The van der Waals surface area contributed by atoms with Crippen LogP contribution in [0.4, 0.5) is 5.69 Å². The molecule has 1 rings (SSSR count). The predicted octanol–water partition coefficient (Wildman–Crippen LogP) is 2.01. The molecule has 0 bridgehead atoms. The van der Waals surface area contributed by atoms with Crippen molar-refractivity contribution in [2.45, 2.75) is 0 Å². The minimum Gasteiger partial charge on any atom is -0.454 e. The fraction of sp³-hybridized carbons (Fsp3) is 0.300. The van der Waals surface area contributed by atoms with Gasteiger partial charge in [0, 0.05) is 5.69 Å². The van der Waals surface area contributed by atoms with E-state index in [1.54, 1.807) is 37.6 Å². The lowest BCUT2D eigenvalue weighted by Gasteiger charge is -2.07. The van der Waals surface area contributed by atoms with E-state index >= 15 is 0 Å². The van der Waals surface area contributed by atoms with Gasteiger partial charge < -0.3 is 15.0 Å². The molecule has 0 aliphatic rings. The Morgan fingerprint density at radius 1 is 1.33 bits per heavy atom. The molecular weight excluding hydrogens is 213 g/mol. The molecule has 0 aliphatic heterocycles. The molecule has 1 aromatic rings. The zero-order valence-corrected chi connectivity index (χ0v) is 9.66. The maximum Gasteiger partial charge on any atom is 0.338 e. The van der Waals surface area contributed by atoms with Crippen LogP contribution in [-0.2, 0) is 9.30 Å². The van der Waals surface area contributed by atoms with E-state index in [-0.39, 0.29) is 6.35 Å². The number of esters is 1. The fourth-order valence-corrected chi connectivity index (χ4v) is 1.34. The van der Waals surface area contributed by atoms with Crippen molar-refractivity contribution < 1.29 is 14.1 Å². The van der Waals surface area contributed by atoms with Crippen molar-refractivity contribution in [2.75, 3.05) is 25.4 Å². The van der Waals surface area contributed by atoms with Crippen LogP contribution in [0.15, 0.2) is 24.3 Å². The number of carbonyl (C=O) groups excluding carboxylic acids is 1. The molecule has 0 heterocycles. The number of benzene rings is 1. The minimum atomic E-state index is -2.32. The van der Waals surface area contributed by atoms with Gasteiger partial charge >= 0.3 is 5.97 Å². The molecule has 1 aromatic carbocycles. The van der Waals surface area contributed by atoms with Gasteiger partial charge in [0.1, 0.15) is 13.5 Å². The average Bonchev–Trinajstić information content (AvgIpc) is 2.14. The van der Waals surface area contributed by atoms with Gasteiger partial charge in [-0.15, -0.1) is 0 Å². The summed E-state index contributed by atoms with van der Waals surface area (Å²) in [7, 11) is -2.32. The summed E-state index contributed by atoms with van der Waals surface area (Å²) in [5.41, 5.74) is 6.47. The largest absolute Gasteiger partial charge is 0.454 e. The number of nitrogen functional groups attached to an aromatic ring is 1. The fourth-order valence-electron chi connectivity index (χ4n) is 0.917. The standard InChI is InChI=1S/C10H14NO3P/c1-15(2,13)7-14-10(12)8-3-5-9(11)6-4-8/h3-6H,7,11H2,1-2H3. The van der Waals surface area contributed by atoms with Gasteiger partial charge in [-0.3, -0.25) is 0 Å². The number of ether oxygens (including phenoxy) is 1. The maximum atomic E-state index is 11.4. The predicted molar refractivity (Wildman–Crippen MR) is 60.6 cm³/mol. The molecule has 0 fully saturated rings. The number of hydrogen-bond acceptors (Lipinski definition) is 4. The Morgan fingerprint density at radius 3 is 2.33 bits per heavy atom. The molecule has 82 valence electrons. The van der Waals surface area contributed by atoms with Crippen LogP contribution in [0.3, 0.4) is 0 Å². The molecule has 4 nitrogen and oxygen atoms in total. The highest BCUT2D eigenvalue weighted by atomic mass is 31.2. The first-order valence-electron chi connectivity index (χ1n) is 4.45. The molecule has 0 saturated carbocycles. The quantitative estimate of drug-likeness (QED) is 0.487. The van der Waals surface area contributed by atoms with Crippen molar-refractivity contribution >= 4 is 18.8 Å². The molecule has 0 saturated heterocycles. The molecule has 0 unspecified atom stereocenters. The highest BCUT2D eigenvalue weighted by Crippen LogP contribution is 2.35. The van der Waals surface area contributed by atoms with Crippen molar-refractivity contribution in [3.8, 4) is 0 Å². The number of nitrogens with two attached hydrogens (primary N) is 1. The van der Waals surface area contributed by atoms with E-state index in [4.69, 9.17) is 10.5 Å². The second-order valence-electron chi connectivity index (χ2n) is 3.76. The van der Waals surface area contributed by atoms with Crippen molar-refractivity contribution in [3.05, 3.63) is 29.8 Å². The first kappa shape index (κ1) is 11.8. The molecule has 5 heteroatoms. The maximum absolute atomic E-state index is 11.4. The van der Waals surface area contributed by atoms with E-state index < -0.39 is 13.1 Å². The lowest BCUT2D eigenvalue weighted by molar-refractivity contribution is 0.0570. The zero-order chi connectivity index (χ0) is 11.5. The summed E-state index contributed by atoms with van der Waals surface area (Å²) in [6, 6.07) is 6.39. The number of rotatable bonds is 3. The molecular formula is C10H14NO3P. The first-order valence-corrected chi connectivity index (χ1v) is 7.24. The Balaban J connectivity index is 2.62. The third kappa shape index (κ3) is 4.17. The van der Waals surface area contributed by atoms with Gasteiger partial charge in [-0.1, -0.05) is 0 Å². The van der Waals surface area contributed by atoms with Crippen LogP contribution in [0, 0.1) is 0 Å². The first-order chi connectivity index (χ1) is 6.88. The normalized spacial score (nSPS) is 11.1. The Hall–Kier alpha value is -1.28.